The van der Waals surface area contributed by atoms with Crippen LogP contribution in [0.2, 0.25) is 0 Å². The highest BCUT2D eigenvalue weighted by Gasteiger charge is 2.14. The molecule has 0 aliphatic heterocycles. The molecule has 0 aliphatic rings. The molecular formula is C51H40FN3O. The Hall–Kier alpha value is -6.72. The number of hydrogen-bond acceptors (Lipinski definition) is 4. The van der Waals surface area contributed by atoms with Gasteiger partial charge in [-0.15, -0.1) is 0 Å². The van der Waals surface area contributed by atoms with Crippen molar-refractivity contribution in [2.45, 2.75) is 38.2 Å². The van der Waals surface area contributed by atoms with Crippen LogP contribution >= 0.6 is 0 Å². The molecule has 5 aromatic carbocycles. The number of furan rings is 1. The van der Waals surface area contributed by atoms with Crippen molar-refractivity contribution in [3.63, 3.8) is 0 Å². The van der Waals surface area contributed by atoms with Crippen molar-refractivity contribution in [2.24, 2.45) is 0 Å². The van der Waals surface area contributed by atoms with E-state index in [1.165, 1.54) is 54.9 Å². The molecule has 4 nitrogen and oxygen atoms in total. The molecule has 0 spiro atoms. The average Bonchev–Trinajstić information content (AvgIpc) is 3.74. The van der Waals surface area contributed by atoms with Gasteiger partial charge in [-0.3, -0.25) is 15.0 Å². The largest absolute Gasteiger partial charge is 0.455 e. The average molecular weight is 744 g/mol. The fourth-order valence-electron chi connectivity index (χ4n) is 6.25. The summed E-state index contributed by atoms with van der Waals surface area (Å²) in [7, 11) is 0. The molecule has 0 saturated heterocycles. The van der Waals surface area contributed by atoms with Crippen LogP contribution in [0.15, 0.2) is 175 Å². The van der Waals surface area contributed by atoms with Crippen LogP contribution in [0, 0.1) is 5.82 Å². The lowest BCUT2D eigenvalue weighted by Gasteiger charge is -2.12. The van der Waals surface area contributed by atoms with Crippen LogP contribution in [0.5, 0.6) is 0 Å². The molecule has 4 aromatic heterocycles. The van der Waals surface area contributed by atoms with Gasteiger partial charge in [-0.1, -0.05) is 109 Å². The quantitative estimate of drug-likeness (QED) is 0.125. The van der Waals surface area contributed by atoms with Crippen molar-refractivity contribution in [2.75, 3.05) is 0 Å². The number of para-hydroxylation sites is 1. The third-order valence-electron chi connectivity index (χ3n) is 9.01. The van der Waals surface area contributed by atoms with Crippen LogP contribution in [-0.2, 0) is 38.2 Å². The summed E-state index contributed by atoms with van der Waals surface area (Å²) in [5.74, 6) is -1.05. The smallest absolute Gasteiger partial charge is 0.144 e. The molecule has 4 heterocycles. The number of nitrogens with zero attached hydrogens (tertiary/aromatic N) is 3. The number of halogens is 1. The van der Waals surface area contributed by atoms with Gasteiger partial charge in [-0.2, -0.15) is 0 Å². The zero-order valence-electron chi connectivity index (χ0n) is 43.6. The number of aryl methyl sites for hydroxylation is 6. The van der Waals surface area contributed by atoms with Gasteiger partial charge in [0.15, 0.2) is 0 Å². The molecule has 0 radical (unpaired) electrons. The predicted molar refractivity (Wildman–Crippen MR) is 225 cm³/mol. The van der Waals surface area contributed by atoms with Crippen molar-refractivity contribution in [1.82, 2.24) is 15.0 Å². The van der Waals surface area contributed by atoms with Gasteiger partial charge in [0, 0.05) is 68.5 Å². The first-order valence-electron chi connectivity index (χ1n) is 24.8. The Morgan fingerprint density at radius 3 is 1.45 bits per heavy atom. The van der Waals surface area contributed by atoms with E-state index < -0.39 is 72.8 Å². The number of hydrogen-bond donors (Lipinski definition) is 0. The molecule has 0 aliphatic carbocycles. The zero-order chi connectivity index (χ0) is 50.2. The molecule has 5 heteroatoms. The SMILES string of the molecule is [2H]c1cc2c(oc3c(-c4ccc(C([2H])([2H])C([2H])([2H])c5cc(C([2H])([2H])C([2H])([2H])c6ccc(-c7ccccc7)nc6)cc(C([2H])([2H])C([2H])([2H])c6ccc(-c7ccccc7)nc6)c5)cn4)cccc32)c([2H])c1F. The standard InChI is InChI=1S/C51H40FN3O/c52-43-23-24-44-45-12-7-13-46(51(45)56-50(44)31-43)49-27-22-37(34-55-49)16-19-40-29-38(17-14-35-20-25-47(53-32-35)41-8-3-1-4-9-41)28-39(30-40)18-15-36-21-26-48(54-33-36)42-10-5-2-6-11-42/h1-13,20-34H,14-19H2/i14D2,15D2,16D2,17D2,18D2,19D2,23D,31D. The number of pyridine rings is 3. The maximum atomic E-state index is 14.5. The highest BCUT2D eigenvalue weighted by Crippen LogP contribution is 2.35. The summed E-state index contributed by atoms with van der Waals surface area (Å²) in [6.45, 7) is 0. The predicted octanol–water partition coefficient (Wildman–Crippen LogP) is 12.3. The van der Waals surface area contributed by atoms with Crippen LogP contribution < -0.4 is 0 Å². The second kappa shape index (κ2) is 15.9. The van der Waals surface area contributed by atoms with E-state index in [1.807, 2.05) is 12.1 Å². The van der Waals surface area contributed by atoms with E-state index >= 15 is 0 Å². The minimum atomic E-state index is -3.16. The molecule has 0 atom stereocenters. The van der Waals surface area contributed by atoms with Crippen molar-refractivity contribution >= 4 is 21.9 Å². The van der Waals surface area contributed by atoms with Gasteiger partial charge in [0.05, 0.1) is 19.8 Å². The number of benzene rings is 5. The first kappa shape index (κ1) is 22.6. The van der Waals surface area contributed by atoms with Crippen LogP contribution in [0.1, 0.15) is 52.6 Å². The van der Waals surface area contributed by atoms with E-state index in [0.29, 0.717) is 27.7 Å². The second-order valence-corrected chi connectivity index (χ2v) is 12.8. The summed E-state index contributed by atoms with van der Waals surface area (Å²) in [5, 5.41) is 0.804. The maximum absolute atomic E-state index is 14.5. The molecular weight excluding hydrogens is 690 g/mol. The van der Waals surface area contributed by atoms with E-state index in [9.17, 15) is 20.8 Å². The molecule has 9 rings (SSSR count). The first-order chi connectivity index (χ1) is 33.0. The van der Waals surface area contributed by atoms with Crippen LogP contribution in [-0.4, -0.2) is 15.0 Å². The van der Waals surface area contributed by atoms with Gasteiger partial charge >= 0.3 is 0 Å². The monoisotopic (exact) mass is 743 g/mol. The molecule has 56 heavy (non-hydrogen) atoms. The lowest BCUT2D eigenvalue weighted by atomic mass is 9.94. The lowest BCUT2D eigenvalue weighted by Crippen LogP contribution is -2.00. The van der Waals surface area contributed by atoms with Crippen molar-refractivity contribution < 1.29 is 28.0 Å². The van der Waals surface area contributed by atoms with Gasteiger partial charge in [-0.25, -0.2) is 4.39 Å². The van der Waals surface area contributed by atoms with Crippen LogP contribution in [0.4, 0.5) is 4.39 Å². The van der Waals surface area contributed by atoms with Gasteiger partial charge in [0.25, 0.3) is 0 Å². The van der Waals surface area contributed by atoms with Gasteiger partial charge in [0.2, 0.25) is 0 Å². The van der Waals surface area contributed by atoms with Crippen LogP contribution in [0.3, 0.4) is 0 Å². The van der Waals surface area contributed by atoms with E-state index in [0.717, 1.165) is 35.5 Å². The Morgan fingerprint density at radius 1 is 0.482 bits per heavy atom. The number of rotatable bonds is 12. The Bertz CT molecular complexity index is 3280. The summed E-state index contributed by atoms with van der Waals surface area (Å²) >= 11 is 0. The molecule has 0 unspecified atom stereocenters. The number of aromatic nitrogens is 3. The summed E-state index contributed by atoms with van der Waals surface area (Å²) in [6.07, 6.45) is -14.8. The van der Waals surface area contributed by atoms with E-state index in [2.05, 4.69) is 15.0 Å². The molecule has 0 saturated carbocycles. The third kappa shape index (κ3) is 7.89. The Labute approximate surface area is 346 Å². The number of fused-ring (bicyclic) bond motifs is 3. The summed E-state index contributed by atoms with van der Waals surface area (Å²) in [4.78, 5) is 13.2. The highest BCUT2D eigenvalue weighted by atomic mass is 19.1. The molecule has 272 valence electrons. The molecule has 9 aromatic rings. The van der Waals surface area contributed by atoms with E-state index in [-0.39, 0.29) is 33.6 Å². The lowest BCUT2D eigenvalue weighted by molar-refractivity contribution is 0.618. The summed E-state index contributed by atoms with van der Waals surface area (Å²) < 4.78 is 148. The zero-order valence-corrected chi connectivity index (χ0v) is 29.6. The summed E-state index contributed by atoms with van der Waals surface area (Å²) in [5.41, 5.74) is 0.628. The fraction of sp³-hybridized carbons (Fsp3) is 0.118. The van der Waals surface area contributed by atoms with Gasteiger partial charge < -0.3 is 4.42 Å². The Kier molecular flexibility index (Phi) is 6.44. The normalized spacial score (nSPS) is 16.6. The Balaban J connectivity index is 1.13. The minimum absolute atomic E-state index is 0.0798. The van der Waals surface area contributed by atoms with E-state index in [4.69, 9.17) is 7.16 Å². The molecule has 0 N–H and O–H groups in total. The Morgan fingerprint density at radius 2 is 0.964 bits per heavy atom. The van der Waals surface area contributed by atoms with Gasteiger partial charge in [0.1, 0.15) is 17.0 Å². The van der Waals surface area contributed by atoms with Crippen molar-refractivity contribution in [1.29, 1.82) is 0 Å². The third-order valence-corrected chi connectivity index (χ3v) is 9.01. The fourth-order valence-corrected chi connectivity index (χ4v) is 6.25. The second-order valence-electron chi connectivity index (χ2n) is 12.8. The van der Waals surface area contributed by atoms with Crippen LogP contribution in [0.25, 0.3) is 55.7 Å². The van der Waals surface area contributed by atoms with Crippen molar-refractivity contribution in [3.8, 4) is 33.8 Å². The molecule has 0 amide bonds. The van der Waals surface area contributed by atoms with Crippen molar-refractivity contribution in [3.05, 3.63) is 209 Å². The topological polar surface area (TPSA) is 51.8 Å². The molecule has 0 fully saturated rings. The maximum Gasteiger partial charge on any atom is 0.144 e. The van der Waals surface area contributed by atoms with E-state index in [1.54, 1.807) is 66.7 Å². The van der Waals surface area contributed by atoms with Gasteiger partial charge in [-0.05, 0) is 108 Å². The first-order valence-corrected chi connectivity index (χ1v) is 17.8. The molecule has 0 bridgehead atoms. The summed E-state index contributed by atoms with van der Waals surface area (Å²) in [6, 6.07) is 34.5. The highest BCUT2D eigenvalue weighted by molar-refractivity contribution is 6.09. The minimum Gasteiger partial charge on any atom is -0.455 e.